The minimum atomic E-state index is -1.16. The normalized spacial score (nSPS) is 16.9. The van der Waals surface area contributed by atoms with Crippen LogP contribution in [0.4, 0.5) is 11.5 Å². The van der Waals surface area contributed by atoms with Crippen LogP contribution in [0.2, 0.25) is 0 Å². The third-order valence-electron chi connectivity index (χ3n) is 6.72. The van der Waals surface area contributed by atoms with Gasteiger partial charge in [0, 0.05) is 44.0 Å². The predicted molar refractivity (Wildman–Crippen MR) is 153 cm³/mol. The molecule has 1 aromatic heterocycles. The van der Waals surface area contributed by atoms with Crippen molar-refractivity contribution in [2.45, 2.75) is 33.2 Å². The first kappa shape index (κ1) is 27.4. The van der Waals surface area contributed by atoms with E-state index in [1.807, 2.05) is 25.1 Å². The van der Waals surface area contributed by atoms with Crippen molar-refractivity contribution in [2.75, 3.05) is 42.5 Å². The molecule has 198 valence electrons. The number of aliphatic carboxylic acids is 1. The van der Waals surface area contributed by atoms with Gasteiger partial charge >= 0.3 is 5.97 Å². The largest absolute Gasteiger partial charge is 0.480 e. The van der Waals surface area contributed by atoms with Crippen molar-refractivity contribution in [3.05, 3.63) is 62.3 Å². The highest BCUT2D eigenvalue weighted by Crippen LogP contribution is 2.36. The van der Waals surface area contributed by atoms with Gasteiger partial charge in [-0.1, -0.05) is 55.5 Å². The molecule has 2 aliphatic rings. The molecule has 1 aromatic carbocycles. The SMILES string of the molecule is CCCCn1c(N2CCN(c3ccccc3)CC2)c(C=C2SC(=S)N(CC(=O)O)C2=O)c(C)c(C#N)c1=O. The molecule has 1 amide bonds. The number of carboxylic acids is 1. The smallest absolute Gasteiger partial charge is 0.323 e. The summed E-state index contributed by atoms with van der Waals surface area (Å²) in [7, 11) is 0. The molecule has 2 fully saturated rings. The molecule has 1 N–H and O–H groups in total. The Bertz CT molecular complexity index is 1390. The van der Waals surface area contributed by atoms with E-state index in [9.17, 15) is 24.8 Å². The second-order valence-corrected chi connectivity index (χ2v) is 10.8. The number of hydrogen-bond acceptors (Lipinski definition) is 8. The van der Waals surface area contributed by atoms with Crippen LogP contribution in [-0.2, 0) is 16.1 Å². The summed E-state index contributed by atoms with van der Waals surface area (Å²) in [4.78, 5) is 43.6. The predicted octanol–water partition coefficient (Wildman–Crippen LogP) is 3.44. The van der Waals surface area contributed by atoms with Crippen LogP contribution in [0.5, 0.6) is 0 Å². The van der Waals surface area contributed by atoms with E-state index in [2.05, 4.69) is 28.0 Å². The number of piperazine rings is 1. The van der Waals surface area contributed by atoms with E-state index in [0.29, 0.717) is 36.6 Å². The van der Waals surface area contributed by atoms with Crippen LogP contribution in [0.3, 0.4) is 0 Å². The first-order chi connectivity index (χ1) is 18.3. The number of carboxylic acid groups (broad SMARTS) is 1. The Hall–Kier alpha value is -3.62. The van der Waals surface area contributed by atoms with E-state index < -0.39 is 18.4 Å². The molecule has 2 aromatic rings. The summed E-state index contributed by atoms with van der Waals surface area (Å²) in [6.45, 7) is 6.46. The lowest BCUT2D eigenvalue weighted by atomic mass is 10.0. The lowest BCUT2D eigenvalue weighted by molar-refractivity contribution is -0.140. The highest BCUT2D eigenvalue weighted by Gasteiger charge is 2.34. The average molecular weight is 552 g/mol. The van der Waals surface area contributed by atoms with Gasteiger partial charge in [0.05, 0.1) is 4.91 Å². The van der Waals surface area contributed by atoms with E-state index >= 15 is 0 Å². The quantitative estimate of drug-likeness (QED) is 0.390. The average Bonchev–Trinajstić information content (AvgIpc) is 3.17. The monoisotopic (exact) mass is 551 g/mol. The summed E-state index contributed by atoms with van der Waals surface area (Å²) in [5.74, 6) is -0.974. The summed E-state index contributed by atoms with van der Waals surface area (Å²) in [5, 5.41) is 19.1. The Kier molecular flexibility index (Phi) is 8.54. The van der Waals surface area contributed by atoms with Crippen LogP contribution in [0.1, 0.15) is 36.5 Å². The summed E-state index contributed by atoms with van der Waals surface area (Å²) >= 11 is 6.30. The Labute approximate surface area is 230 Å². The first-order valence-electron chi connectivity index (χ1n) is 12.5. The number of thiocarbonyl (C=S) groups is 1. The Morgan fingerprint density at radius 2 is 1.82 bits per heavy atom. The molecular weight excluding hydrogens is 522 g/mol. The number of carbonyl (C=O) groups is 2. The van der Waals surface area contributed by atoms with E-state index in [1.54, 1.807) is 17.6 Å². The van der Waals surface area contributed by atoms with Crippen LogP contribution in [-0.4, -0.2) is 63.5 Å². The Balaban J connectivity index is 1.80. The third kappa shape index (κ3) is 5.47. The summed E-state index contributed by atoms with van der Waals surface area (Å²) in [6.07, 6.45) is 3.29. The van der Waals surface area contributed by atoms with E-state index in [0.717, 1.165) is 48.3 Å². The third-order valence-corrected chi connectivity index (χ3v) is 8.10. The number of benzene rings is 1. The highest BCUT2D eigenvalue weighted by molar-refractivity contribution is 8.26. The molecule has 11 heteroatoms. The minimum Gasteiger partial charge on any atom is -0.480 e. The van der Waals surface area contributed by atoms with Gasteiger partial charge in [0.25, 0.3) is 11.5 Å². The van der Waals surface area contributed by atoms with Crippen LogP contribution < -0.4 is 15.4 Å². The number of pyridine rings is 1. The zero-order chi connectivity index (χ0) is 27.4. The van der Waals surface area contributed by atoms with Gasteiger partial charge in [0.2, 0.25) is 0 Å². The standard InChI is InChI=1S/C27H29N5O4S2/c1-3-4-10-31-24(30-13-11-29(12-14-30)19-8-6-5-7-9-19)20(18(2)21(16-28)25(31)35)15-22-26(36)32(17-23(33)34)27(37)38-22/h5-9,15H,3-4,10-14,17H2,1-2H3,(H,33,34). The number of hydrogen-bond donors (Lipinski definition) is 1. The van der Waals surface area contributed by atoms with Gasteiger partial charge in [0.1, 0.15) is 28.3 Å². The minimum absolute atomic E-state index is 0.0417. The van der Waals surface area contributed by atoms with Crippen molar-refractivity contribution in [1.82, 2.24) is 9.47 Å². The molecule has 0 atom stereocenters. The lowest BCUT2D eigenvalue weighted by Gasteiger charge is -2.39. The zero-order valence-electron chi connectivity index (χ0n) is 21.3. The highest BCUT2D eigenvalue weighted by atomic mass is 32.2. The molecule has 9 nitrogen and oxygen atoms in total. The van der Waals surface area contributed by atoms with Gasteiger partial charge in [0.15, 0.2) is 0 Å². The van der Waals surface area contributed by atoms with E-state index in [1.165, 1.54) is 0 Å². The van der Waals surface area contributed by atoms with E-state index in [4.69, 9.17) is 12.2 Å². The van der Waals surface area contributed by atoms with Crippen molar-refractivity contribution in [3.8, 4) is 6.07 Å². The molecule has 2 saturated heterocycles. The van der Waals surface area contributed by atoms with Gasteiger partial charge in [-0.05, 0) is 37.1 Å². The number of rotatable bonds is 8. The van der Waals surface area contributed by atoms with Crippen molar-refractivity contribution in [1.29, 1.82) is 5.26 Å². The lowest BCUT2D eigenvalue weighted by Crippen LogP contribution is -2.48. The van der Waals surface area contributed by atoms with Gasteiger partial charge < -0.3 is 14.9 Å². The zero-order valence-corrected chi connectivity index (χ0v) is 23.0. The fourth-order valence-corrected chi connectivity index (χ4v) is 5.96. The van der Waals surface area contributed by atoms with Crippen molar-refractivity contribution in [3.63, 3.8) is 0 Å². The molecule has 0 saturated carbocycles. The van der Waals surface area contributed by atoms with Crippen molar-refractivity contribution < 1.29 is 14.7 Å². The maximum atomic E-state index is 13.5. The van der Waals surface area contributed by atoms with Gasteiger partial charge in [-0.3, -0.25) is 23.9 Å². The molecule has 0 bridgehead atoms. The summed E-state index contributed by atoms with van der Waals surface area (Å²) in [5.41, 5.74) is 1.94. The number of unbranched alkanes of at least 4 members (excludes halogenated alkanes) is 1. The second-order valence-electron chi connectivity index (χ2n) is 9.13. The molecule has 0 unspecified atom stereocenters. The summed E-state index contributed by atoms with van der Waals surface area (Å²) in [6, 6.07) is 12.2. The molecule has 0 radical (unpaired) electrons. The van der Waals surface area contributed by atoms with Gasteiger partial charge in [-0.25, -0.2) is 0 Å². The maximum absolute atomic E-state index is 13.5. The molecule has 3 heterocycles. The number of nitriles is 1. The molecule has 38 heavy (non-hydrogen) atoms. The molecule has 4 rings (SSSR count). The number of anilines is 2. The second kappa shape index (κ2) is 11.8. The summed E-state index contributed by atoms with van der Waals surface area (Å²) < 4.78 is 1.83. The fraction of sp³-hybridized carbons (Fsp3) is 0.370. The molecule has 2 aliphatic heterocycles. The maximum Gasteiger partial charge on any atom is 0.323 e. The van der Waals surface area contributed by atoms with Crippen LogP contribution in [0.25, 0.3) is 6.08 Å². The van der Waals surface area contributed by atoms with Crippen molar-refractivity contribution >= 4 is 57.8 Å². The Morgan fingerprint density at radius 1 is 1.16 bits per heavy atom. The number of amides is 1. The van der Waals surface area contributed by atoms with E-state index in [-0.39, 0.29) is 20.3 Å². The van der Waals surface area contributed by atoms with Crippen molar-refractivity contribution in [2.24, 2.45) is 0 Å². The number of nitrogens with zero attached hydrogens (tertiary/aromatic N) is 5. The van der Waals surface area contributed by atoms with Crippen LogP contribution in [0, 0.1) is 18.3 Å². The Morgan fingerprint density at radius 3 is 2.42 bits per heavy atom. The van der Waals surface area contributed by atoms with Gasteiger partial charge in [-0.15, -0.1) is 0 Å². The number of thioether (sulfide) groups is 1. The topological polar surface area (TPSA) is 110 Å². The van der Waals surface area contributed by atoms with Crippen LogP contribution >= 0.6 is 24.0 Å². The van der Waals surface area contributed by atoms with Gasteiger partial charge in [-0.2, -0.15) is 5.26 Å². The molecular formula is C27H29N5O4S2. The first-order valence-corrected chi connectivity index (χ1v) is 13.7. The number of para-hydroxylation sites is 1. The van der Waals surface area contributed by atoms with Crippen LogP contribution in [0.15, 0.2) is 40.0 Å². The number of aromatic nitrogens is 1. The molecule has 0 aliphatic carbocycles. The fourth-order valence-electron chi connectivity index (χ4n) is 4.73. The molecule has 0 spiro atoms. The number of carbonyl (C=O) groups excluding carboxylic acids is 1.